The van der Waals surface area contributed by atoms with Gasteiger partial charge in [0, 0.05) is 12.2 Å². The topological polar surface area (TPSA) is 9.23 Å². The maximum Gasteiger partial charge on any atom is 0.135 e. The molecule has 0 aromatic carbocycles. The predicted octanol–water partition coefficient (Wildman–Crippen LogP) is 8.10. The average molecular weight is 437 g/mol. The molecule has 0 aliphatic heterocycles. The molecule has 2 fully saturated rings. The molecule has 0 aromatic heterocycles. The summed E-state index contributed by atoms with van der Waals surface area (Å²) in [7, 11) is -1.30. The van der Waals surface area contributed by atoms with Gasteiger partial charge in [0.05, 0.1) is 12.7 Å². The third-order valence-corrected chi connectivity index (χ3v) is 11.5. The third-order valence-electron chi connectivity index (χ3n) is 7.09. The zero-order valence-corrected chi connectivity index (χ0v) is 21.8. The Bertz CT molecular complexity index is 493. The van der Waals surface area contributed by atoms with E-state index < -0.39 is 8.07 Å². The van der Waals surface area contributed by atoms with Gasteiger partial charge in [-0.1, -0.05) is 64.5 Å². The Morgan fingerprint density at radius 3 is 2.21 bits per heavy atom. The molecule has 3 heteroatoms. The van der Waals surface area contributed by atoms with Crippen molar-refractivity contribution >= 4 is 19.8 Å². The van der Waals surface area contributed by atoms with Crippen LogP contribution in [0.2, 0.25) is 18.6 Å². The van der Waals surface area contributed by atoms with E-state index in [1.165, 1.54) is 82.8 Å². The predicted molar refractivity (Wildman–Crippen MR) is 134 cm³/mol. The van der Waals surface area contributed by atoms with E-state index in [4.69, 9.17) is 4.74 Å². The summed E-state index contributed by atoms with van der Waals surface area (Å²) in [4.78, 5) is 0. The number of thioether (sulfide) groups is 1. The molecule has 0 N–H and O–H groups in total. The molecule has 29 heavy (non-hydrogen) atoms. The molecule has 0 aromatic rings. The van der Waals surface area contributed by atoms with E-state index in [2.05, 4.69) is 50.2 Å². The van der Waals surface area contributed by atoms with Crippen molar-refractivity contribution in [1.29, 1.82) is 0 Å². The molecule has 168 valence electrons. The molecular formula is C26H48OSSi. The maximum absolute atomic E-state index is 5.57. The Labute approximate surface area is 187 Å². The van der Waals surface area contributed by atoms with Crippen LogP contribution in [0, 0.1) is 23.3 Å². The molecule has 0 saturated heterocycles. The van der Waals surface area contributed by atoms with Crippen LogP contribution in [0.15, 0.2) is 0 Å². The third kappa shape index (κ3) is 10.3. The van der Waals surface area contributed by atoms with Crippen molar-refractivity contribution in [2.24, 2.45) is 11.8 Å². The zero-order valence-electron chi connectivity index (χ0n) is 19.9. The van der Waals surface area contributed by atoms with Crippen molar-refractivity contribution in [3.05, 3.63) is 0 Å². The van der Waals surface area contributed by atoms with Gasteiger partial charge in [0.15, 0.2) is 0 Å². The normalized spacial score (nSPS) is 23.6. The van der Waals surface area contributed by atoms with E-state index in [0.717, 1.165) is 36.2 Å². The molecule has 2 bridgehead atoms. The monoisotopic (exact) mass is 436 g/mol. The SMILES string of the molecule is CC(C)OCCSCCCCCCCCCCC#C[Si](C)(C)C1CC2CCC1C2. The van der Waals surface area contributed by atoms with Gasteiger partial charge >= 0.3 is 0 Å². The second-order valence-electron chi connectivity index (χ2n) is 10.4. The first-order valence-electron chi connectivity index (χ1n) is 12.7. The summed E-state index contributed by atoms with van der Waals surface area (Å²) in [6, 6.07) is 0. The van der Waals surface area contributed by atoms with Gasteiger partial charge in [-0.2, -0.15) is 11.8 Å². The van der Waals surface area contributed by atoms with Crippen LogP contribution >= 0.6 is 11.8 Å². The summed E-state index contributed by atoms with van der Waals surface area (Å²) in [6.45, 7) is 10.2. The van der Waals surface area contributed by atoms with Crippen LogP contribution < -0.4 is 0 Å². The molecule has 0 spiro atoms. The molecule has 0 heterocycles. The standard InChI is InChI=1S/C26H48OSSi/c1-23(2)27-17-19-28-18-13-11-9-7-5-6-8-10-12-14-20-29(3,4)26-22-24-15-16-25(26)21-24/h23-26H,5-13,15-19,21-22H2,1-4H3. The summed E-state index contributed by atoms with van der Waals surface area (Å²) in [5, 5.41) is 0. The first-order chi connectivity index (χ1) is 14.0. The lowest BCUT2D eigenvalue weighted by molar-refractivity contribution is 0.0920. The van der Waals surface area contributed by atoms with Gasteiger partial charge in [-0.15, -0.1) is 11.5 Å². The first-order valence-corrected chi connectivity index (χ1v) is 16.9. The fourth-order valence-corrected chi connectivity index (χ4v) is 9.43. The van der Waals surface area contributed by atoms with Crippen molar-refractivity contribution in [3.8, 4) is 11.5 Å². The van der Waals surface area contributed by atoms with Crippen LogP contribution in [-0.2, 0) is 4.74 Å². The average Bonchev–Trinajstić information content (AvgIpc) is 3.31. The minimum Gasteiger partial charge on any atom is -0.378 e. The highest BCUT2D eigenvalue weighted by Gasteiger charge is 2.46. The molecule has 3 atom stereocenters. The summed E-state index contributed by atoms with van der Waals surface area (Å²) in [6.07, 6.45) is 18.8. The van der Waals surface area contributed by atoms with Gasteiger partial charge < -0.3 is 4.74 Å². The van der Waals surface area contributed by atoms with E-state index in [0.29, 0.717) is 6.10 Å². The number of ether oxygens (including phenoxy) is 1. The largest absolute Gasteiger partial charge is 0.378 e. The smallest absolute Gasteiger partial charge is 0.135 e. The van der Waals surface area contributed by atoms with Crippen molar-refractivity contribution in [2.75, 3.05) is 18.1 Å². The van der Waals surface area contributed by atoms with Crippen LogP contribution in [-0.4, -0.2) is 32.3 Å². The molecule has 2 saturated carbocycles. The summed E-state index contributed by atoms with van der Waals surface area (Å²) >= 11 is 2.05. The molecular weight excluding hydrogens is 388 g/mol. The zero-order chi connectivity index (χ0) is 21.0. The molecule has 1 nitrogen and oxygen atoms in total. The second-order valence-corrected chi connectivity index (χ2v) is 16.1. The Kier molecular flexibility index (Phi) is 12.4. The minimum absolute atomic E-state index is 0.378. The molecule has 2 aliphatic rings. The van der Waals surface area contributed by atoms with Crippen molar-refractivity contribution < 1.29 is 4.74 Å². The fourth-order valence-electron chi connectivity index (χ4n) is 5.43. The highest BCUT2D eigenvalue weighted by atomic mass is 32.2. The van der Waals surface area contributed by atoms with Crippen LogP contribution in [0.4, 0.5) is 0 Å². The summed E-state index contributed by atoms with van der Waals surface area (Å²) < 4.78 is 5.57. The lowest BCUT2D eigenvalue weighted by Crippen LogP contribution is -2.34. The van der Waals surface area contributed by atoms with Gasteiger partial charge in [0.1, 0.15) is 8.07 Å². The lowest BCUT2D eigenvalue weighted by Gasteiger charge is -2.31. The van der Waals surface area contributed by atoms with E-state index in [1.54, 1.807) is 0 Å². The highest BCUT2D eigenvalue weighted by Crippen LogP contribution is 2.55. The fraction of sp³-hybridized carbons (Fsp3) is 0.923. The highest BCUT2D eigenvalue weighted by molar-refractivity contribution is 7.99. The van der Waals surface area contributed by atoms with E-state index in [1.807, 2.05) is 0 Å². The molecule has 2 aliphatic carbocycles. The summed E-state index contributed by atoms with van der Waals surface area (Å²) in [5.74, 6) is 8.19. The number of hydrogen-bond acceptors (Lipinski definition) is 2. The van der Waals surface area contributed by atoms with Crippen LogP contribution in [0.3, 0.4) is 0 Å². The minimum atomic E-state index is -1.30. The Morgan fingerprint density at radius 2 is 1.59 bits per heavy atom. The Morgan fingerprint density at radius 1 is 0.897 bits per heavy atom. The van der Waals surface area contributed by atoms with E-state index >= 15 is 0 Å². The van der Waals surface area contributed by atoms with E-state index in [-0.39, 0.29) is 0 Å². The number of fused-ring (bicyclic) bond motifs is 2. The van der Waals surface area contributed by atoms with Gasteiger partial charge in [-0.3, -0.25) is 0 Å². The number of rotatable bonds is 15. The summed E-state index contributed by atoms with van der Waals surface area (Å²) in [5.41, 5.74) is 4.83. The van der Waals surface area contributed by atoms with Crippen LogP contribution in [0.1, 0.15) is 97.3 Å². The van der Waals surface area contributed by atoms with Gasteiger partial charge in [-0.25, -0.2) is 0 Å². The van der Waals surface area contributed by atoms with Crippen molar-refractivity contribution in [3.63, 3.8) is 0 Å². The van der Waals surface area contributed by atoms with Gasteiger partial charge in [-0.05, 0) is 62.7 Å². The van der Waals surface area contributed by atoms with Crippen LogP contribution in [0.5, 0.6) is 0 Å². The number of unbranched alkanes of at least 4 members (excludes halogenated alkanes) is 8. The van der Waals surface area contributed by atoms with E-state index in [9.17, 15) is 0 Å². The Hall–Kier alpha value is 0.0869. The van der Waals surface area contributed by atoms with Crippen molar-refractivity contribution in [1.82, 2.24) is 0 Å². The Balaban J connectivity index is 1.36. The molecule has 0 radical (unpaired) electrons. The second kappa shape index (κ2) is 14.2. The first kappa shape index (κ1) is 25.3. The lowest BCUT2D eigenvalue weighted by atomic mass is 10.0. The maximum atomic E-state index is 5.57. The van der Waals surface area contributed by atoms with Crippen molar-refractivity contribution in [2.45, 2.75) is 122 Å². The molecule has 0 amide bonds. The van der Waals surface area contributed by atoms with Gasteiger partial charge in [0.2, 0.25) is 0 Å². The van der Waals surface area contributed by atoms with Gasteiger partial charge in [0.25, 0.3) is 0 Å². The quantitative estimate of drug-likeness (QED) is 0.146. The van der Waals surface area contributed by atoms with Crippen LogP contribution in [0.25, 0.3) is 0 Å². The molecule has 2 rings (SSSR count). The number of hydrogen-bond donors (Lipinski definition) is 0. The molecule has 3 unspecified atom stereocenters.